The van der Waals surface area contributed by atoms with E-state index in [9.17, 15) is 4.79 Å². The number of ketones is 1. The van der Waals surface area contributed by atoms with Crippen molar-refractivity contribution in [1.29, 1.82) is 10.5 Å². The maximum Gasteiger partial charge on any atom is 0.168 e. The zero-order chi connectivity index (χ0) is 10.1. The van der Waals surface area contributed by atoms with E-state index >= 15 is 0 Å². The minimum absolute atomic E-state index is 0.000694. The van der Waals surface area contributed by atoms with E-state index in [1.54, 1.807) is 11.4 Å². The van der Waals surface area contributed by atoms with Crippen molar-refractivity contribution in [2.75, 3.05) is 0 Å². The van der Waals surface area contributed by atoms with Gasteiger partial charge in [0.2, 0.25) is 0 Å². The van der Waals surface area contributed by atoms with Gasteiger partial charge in [0.1, 0.15) is 17.7 Å². The summed E-state index contributed by atoms with van der Waals surface area (Å²) in [6.45, 7) is 0. The lowest BCUT2D eigenvalue weighted by Gasteiger charge is -1.92. The van der Waals surface area contributed by atoms with Gasteiger partial charge in [-0.25, -0.2) is 0 Å². The Kier molecular flexibility index (Phi) is 1.92. The molecule has 0 fully saturated rings. The Labute approximate surface area is 84.5 Å². The second kappa shape index (κ2) is 3.10. The third-order valence-corrected chi connectivity index (χ3v) is 3.08. The van der Waals surface area contributed by atoms with Gasteiger partial charge in [-0.15, -0.1) is 11.3 Å². The summed E-state index contributed by atoms with van der Waals surface area (Å²) in [5.41, 5.74) is 1.29. The molecule has 0 unspecified atom stereocenters. The predicted molar refractivity (Wildman–Crippen MR) is 51.4 cm³/mol. The molecular weight excluding hydrogens is 196 g/mol. The molecule has 1 aliphatic rings. The number of hydrogen-bond donors (Lipinski definition) is 0. The number of fused-ring (bicyclic) bond motifs is 1. The molecule has 0 saturated carbocycles. The quantitative estimate of drug-likeness (QED) is 0.602. The third kappa shape index (κ3) is 1.06. The number of nitriles is 2. The first-order valence-electron chi connectivity index (χ1n) is 3.92. The largest absolute Gasteiger partial charge is 0.294 e. The van der Waals surface area contributed by atoms with E-state index in [0.29, 0.717) is 11.1 Å². The highest BCUT2D eigenvalue weighted by atomic mass is 32.1. The van der Waals surface area contributed by atoms with Gasteiger partial charge in [-0.1, -0.05) is 0 Å². The average molecular weight is 200 g/mol. The van der Waals surface area contributed by atoms with Crippen LogP contribution < -0.4 is 0 Å². The molecule has 0 aliphatic heterocycles. The molecule has 0 aromatic carbocycles. The molecule has 3 nitrogen and oxygen atoms in total. The van der Waals surface area contributed by atoms with Crippen molar-refractivity contribution in [2.45, 2.75) is 6.42 Å². The maximum atomic E-state index is 11.4. The highest BCUT2D eigenvalue weighted by molar-refractivity contribution is 7.11. The fraction of sp³-hybridized carbons (Fsp3) is 0.100. The standard InChI is InChI=1S/C10H4N2OS/c11-4-6(5-12)8-3-9(13)7-1-2-14-10(7)8/h1-2H,3H2. The number of hydrogen-bond acceptors (Lipinski definition) is 4. The van der Waals surface area contributed by atoms with Crippen LogP contribution in [0.3, 0.4) is 0 Å². The van der Waals surface area contributed by atoms with Crippen molar-refractivity contribution in [2.24, 2.45) is 0 Å². The number of carbonyl (C=O) groups excluding carboxylic acids is 1. The third-order valence-electron chi connectivity index (χ3n) is 2.10. The Morgan fingerprint density at radius 3 is 2.79 bits per heavy atom. The normalized spacial score (nSPS) is 13.3. The molecule has 0 saturated heterocycles. The molecule has 1 aromatic rings. The van der Waals surface area contributed by atoms with Crippen LogP contribution in [0.4, 0.5) is 0 Å². The lowest BCUT2D eigenvalue weighted by atomic mass is 10.1. The highest BCUT2D eigenvalue weighted by Crippen LogP contribution is 2.37. The molecule has 0 spiro atoms. The van der Waals surface area contributed by atoms with E-state index in [1.165, 1.54) is 11.3 Å². The van der Waals surface area contributed by atoms with Crippen molar-refractivity contribution >= 4 is 22.7 Å². The Morgan fingerprint density at radius 1 is 1.43 bits per heavy atom. The van der Waals surface area contributed by atoms with Gasteiger partial charge in [-0.2, -0.15) is 10.5 Å². The molecule has 0 amide bonds. The Hall–Kier alpha value is -1.91. The lowest BCUT2D eigenvalue weighted by molar-refractivity contribution is 0.100. The van der Waals surface area contributed by atoms with Crippen LogP contribution in [0, 0.1) is 22.7 Å². The number of nitrogens with zero attached hydrogens (tertiary/aromatic N) is 2. The summed E-state index contributed by atoms with van der Waals surface area (Å²) < 4.78 is 0. The van der Waals surface area contributed by atoms with Crippen LogP contribution in [0.1, 0.15) is 21.7 Å². The van der Waals surface area contributed by atoms with Gasteiger partial charge in [-0.3, -0.25) is 4.79 Å². The van der Waals surface area contributed by atoms with Crippen molar-refractivity contribution in [3.63, 3.8) is 0 Å². The molecule has 0 atom stereocenters. The average Bonchev–Trinajstić information content (AvgIpc) is 2.74. The topological polar surface area (TPSA) is 64.7 Å². The first-order chi connectivity index (χ1) is 6.77. The smallest absolute Gasteiger partial charge is 0.168 e. The monoisotopic (exact) mass is 200 g/mol. The van der Waals surface area contributed by atoms with Crippen molar-refractivity contribution in [3.8, 4) is 12.1 Å². The van der Waals surface area contributed by atoms with Crippen molar-refractivity contribution < 1.29 is 4.79 Å². The number of carbonyl (C=O) groups is 1. The second-order valence-electron chi connectivity index (χ2n) is 2.84. The number of allylic oxidation sites excluding steroid dienone is 2. The molecule has 0 radical (unpaired) electrons. The summed E-state index contributed by atoms with van der Waals surface area (Å²) in [5, 5.41) is 19.2. The molecular formula is C10H4N2OS. The summed E-state index contributed by atoms with van der Waals surface area (Å²) >= 11 is 1.40. The molecule has 4 heteroatoms. The van der Waals surface area contributed by atoms with Crippen LogP contribution in [-0.2, 0) is 0 Å². The number of Topliss-reactive ketones (excluding diaryl/α,β-unsaturated/α-hetero) is 1. The summed E-state index contributed by atoms with van der Waals surface area (Å²) in [6, 6.07) is 5.37. The molecule has 14 heavy (non-hydrogen) atoms. The van der Waals surface area contributed by atoms with Crippen LogP contribution in [0.2, 0.25) is 0 Å². The van der Waals surface area contributed by atoms with Gasteiger partial charge in [0.15, 0.2) is 5.78 Å². The van der Waals surface area contributed by atoms with E-state index < -0.39 is 0 Å². The van der Waals surface area contributed by atoms with Crippen LogP contribution in [0.25, 0.3) is 5.57 Å². The summed E-state index contributed by atoms with van der Waals surface area (Å²) in [5.74, 6) is -0.000694. The van der Waals surface area contributed by atoms with Crippen molar-refractivity contribution in [3.05, 3.63) is 27.5 Å². The zero-order valence-corrected chi connectivity index (χ0v) is 7.89. The Bertz CT molecular complexity index is 509. The minimum atomic E-state index is -0.000694. The van der Waals surface area contributed by atoms with E-state index in [4.69, 9.17) is 10.5 Å². The lowest BCUT2D eigenvalue weighted by Crippen LogP contribution is -1.88. The van der Waals surface area contributed by atoms with Crippen LogP contribution in [0.15, 0.2) is 17.0 Å². The Morgan fingerprint density at radius 2 is 2.14 bits per heavy atom. The molecule has 0 bridgehead atoms. The fourth-order valence-electron chi connectivity index (χ4n) is 1.46. The zero-order valence-electron chi connectivity index (χ0n) is 7.07. The first-order valence-corrected chi connectivity index (χ1v) is 4.80. The van der Waals surface area contributed by atoms with E-state index in [-0.39, 0.29) is 17.8 Å². The van der Waals surface area contributed by atoms with Crippen LogP contribution >= 0.6 is 11.3 Å². The van der Waals surface area contributed by atoms with E-state index in [0.717, 1.165) is 4.88 Å². The highest BCUT2D eigenvalue weighted by Gasteiger charge is 2.27. The van der Waals surface area contributed by atoms with Gasteiger partial charge in [0.05, 0.1) is 0 Å². The summed E-state index contributed by atoms with van der Waals surface area (Å²) in [6.07, 6.45) is 0.193. The van der Waals surface area contributed by atoms with Gasteiger partial charge in [-0.05, 0) is 11.4 Å². The first kappa shape index (κ1) is 8.68. The van der Waals surface area contributed by atoms with E-state index in [1.807, 2.05) is 12.1 Å². The predicted octanol–water partition coefficient (Wildman–Crippen LogP) is 2.14. The number of thiophene rings is 1. The Balaban J connectivity index is 2.68. The summed E-state index contributed by atoms with van der Waals surface area (Å²) in [7, 11) is 0. The van der Waals surface area contributed by atoms with Crippen LogP contribution in [0.5, 0.6) is 0 Å². The minimum Gasteiger partial charge on any atom is -0.294 e. The van der Waals surface area contributed by atoms with Gasteiger partial charge in [0.25, 0.3) is 0 Å². The molecule has 0 N–H and O–H groups in total. The van der Waals surface area contributed by atoms with E-state index in [2.05, 4.69) is 0 Å². The molecule has 1 aliphatic carbocycles. The number of rotatable bonds is 0. The van der Waals surface area contributed by atoms with Gasteiger partial charge >= 0.3 is 0 Å². The van der Waals surface area contributed by atoms with Crippen molar-refractivity contribution in [1.82, 2.24) is 0 Å². The fourth-order valence-corrected chi connectivity index (χ4v) is 2.43. The van der Waals surface area contributed by atoms with Gasteiger partial charge < -0.3 is 0 Å². The molecule has 2 rings (SSSR count). The SMILES string of the molecule is N#CC(C#N)=C1CC(=O)c2ccsc21. The van der Waals surface area contributed by atoms with Gasteiger partial charge in [0, 0.05) is 22.4 Å². The maximum absolute atomic E-state index is 11.4. The summed E-state index contributed by atoms with van der Waals surface area (Å²) in [4.78, 5) is 12.2. The second-order valence-corrected chi connectivity index (χ2v) is 3.76. The molecule has 66 valence electrons. The molecule has 1 heterocycles. The molecule has 1 aromatic heterocycles. The van der Waals surface area contributed by atoms with Crippen LogP contribution in [-0.4, -0.2) is 5.78 Å².